The molecule has 1 N–H and O–H groups in total. The largest absolute Gasteiger partial charge is 0.492 e. The van der Waals surface area contributed by atoms with Gasteiger partial charge in [0.1, 0.15) is 12.4 Å². The maximum absolute atomic E-state index is 12.5. The van der Waals surface area contributed by atoms with E-state index >= 15 is 0 Å². The van der Waals surface area contributed by atoms with Gasteiger partial charge >= 0.3 is 0 Å². The Kier molecular flexibility index (Phi) is 5.03. The molecular weight excluding hydrogens is 318 g/mol. The number of ether oxygens (including phenoxy) is 1. The second-order valence-electron chi connectivity index (χ2n) is 5.70. The van der Waals surface area contributed by atoms with E-state index in [9.17, 15) is 4.79 Å². The van der Waals surface area contributed by atoms with Crippen LogP contribution in [0.15, 0.2) is 48.5 Å². The van der Waals surface area contributed by atoms with Crippen LogP contribution < -0.4 is 4.74 Å². The fourth-order valence-electron chi connectivity index (χ4n) is 2.30. The Morgan fingerprint density at radius 2 is 1.84 bits per heavy atom. The molecule has 0 saturated carbocycles. The van der Waals surface area contributed by atoms with Crippen molar-refractivity contribution in [2.45, 2.75) is 6.92 Å². The van der Waals surface area contributed by atoms with E-state index in [-0.39, 0.29) is 5.91 Å². The number of hydrogen-bond donors (Lipinski definition) is 1. The van der Waals surface area contributed by atoms with Crippen LogP contribution in [0.1, 0.15) is 15.9 Å². The number of aryl methyl sites for hydroxylation is 1. The van der Waals surface area contributed by atoms with Crippen LogP contribution in [0.2, 0.25) is 0 Å². The van der Waals surface area contributed by atoms with E-state index in [1.54, 1.807) is 36.2 Å². The smallest absolute Gasteiger partial charge is 0.253 e. The molecule has 0 atom stereocenters. The summed E-state index contributed by atoms with van der Waals surface area (Å²) in [4.78, 5) is 14.1. The molecule has 0 saturated heterocycles. The van der Waals surface area contributed by atoms with Gasteiger partial charge in [0, 0.05) is 18.2 Å². The molecule has 0 aliphatic heterocycles. The van der Waals surface area contributed by atoms with Gasteiger partial charge in [-0.25, -0.2) is 0 Å². The topological polar surface area (TPSA) is 84.0 Å². The second kappa shape index (κ2) is 7.57. The summed E-state index contributed by atoms with van der Waals surface area (Å²) in [6.07, 6.45) is 0. The van der Waals surface area contributed by atoms with Crippen LogP contribution in [0, 0.1) is 6.92 Å². The molecule has 2 aromatic carbocycles. The predicted octanol–water partition coefficient (Wildman–Crippen LogP) is 2.33. The molecule has 25 heavy (non-hydrogen) atoms. The third kappa shape index (κ3) is 4.20. The zero-order chi connectivity index (χ0) is 17.6. The van der Waals surface area contributed by atoms with Crippen molar-refractivity contribution >= 4 is 5.91 Å². The Bertz CT molecular complexity index is 814. The lowest BCUT2D eigenvalue weighted by Crippen LogP contribution is -2.30. The normalized spacial score (nSPS) is 10.5. The van der Waals surface area contributed by atoms with Gasteiger partial charge in [-0.05, 0) is 36.4 Å². The number of carbonyl (C=O) groups is 1. The lowest BCUT2D eigenvalue weighted by Gasteiger charge is -2.17. The number of H-pyrrole nitrogens is 1. The zero-order valence-corrected chi connectivity index (χ0v) is 14.1. The van der Waals surface area contributed by atoms with Crippen LogP contribution in [-0.2, 0) is 0 Å². The van der Waals surface area contributed by atoms with Gasteiger partial charge in [0.25, 0.3) is 5.91 Å². The van der Waals surface area contributed by atoms with Crippen molar-refractivity contribution in [2.24, 2.45) is 0 Å². The Morgan fingerprint density at radius 3 is 2.48 bits per heavy atom. The highest BCUT2D eigenvalue weighted by molar-refractivity contribution is 5.94. The average Bonchev–Trinajstić information content (AvgIpc) is 3.17. The molecule has 0 aliphatic carbocycles. The summed E-state index contributed by atoms with van der Waals surface area (Å²) in [5.41, 5.74) is 2.59. The quantitative estimate of drug-likeness (QED) is 0.746. The van der Waals surface area contributed by atoms with Gasteiger partial charge in [-0.15, -0.1) is 10.2 Å². The van der Waals surface area contributed by atoms with Crippen molar-refractivity contribution in [1.29, 1.82) is 0 Å². The van der Waals surface area contributed by atoms with E-state index in [1.165, 1.54) is 5.56 Å². The molecule has 128 valence electrons. The monoisotopic (exact) mass is 337 g/mol. The fraction of sp³-hybridized carbons (Fsp3) is 0.222. The third-order valence-electron chi connectivity index (χ3n) is 3.80. The van der Waals surface area contributed by atoms with Crippen molar-refractivity contribution in [3.05, 3.63) is 59.7 Å². The predicted molar refractivity (Wildman–Crippen MR) is 93.2 cm³/mol. The van der Waals surface area contributed by atoms with E-state index in [2.05, 4.69) is 20.6 Å². The van der Waals surface area contributed by atoms with Crippen molar-refractivity contribution < 1.29 is 9.53 Å². The standard InChI is InChI=1S/C18H19N5O2/c1-13-3-9-16(10-4-13)25-12-11-23(2)18(24)15-7-5-14(6-8-15)17-19-21-22-20-17/h3-10H,11-12H2,1-2H3,(H,19,20,21,22). The molecule has 3 aromatic rings. The molecule has 1 aromatic heterocycles. The summed E-state index contributed by atoms with van der Waals surface area (Å²) >= 11 is 0. The van der Waals surface area contributed by atoms with Crippen LogP contribution in [0.3, 0.4) is 0 Å². The molecule has 3 rings (SSSR count). The number of benzene rings is 2. The first-order chi connectivity index (χ1) is 12.1. The van der Waals surface area contributed by atoms with Gasteiger partial charge < -0.3 is 9.64 Å². The first-order valence-electron chi connectivity index (χ1n) is 7.92. The van der Waals surface area contributed by atoms with E-state index in [0.29, 0.717) is 24.5 Å². The van der Waals surface area contributed by atoms with E-state index in [4.69, 9.17) is 4.74 Å². The van der Waals surface area contributed by atoms with Crippen LogP contribution in [0.25, 0.3) is 11.4 Å². The first-order valence-corrected chi connectivity index (χ1v) is 7.92. The summed E-state index contributed by atoms with van der Waals surface area (Å²) in [6.45, 7) is 2.96. The number of nitrogens with one attached hydrogen (secondary N) is 1. The second-order valence-corrected chi connectivity index (χ2v) is 5.70. The molecule has 0 bridgehead atoms. The lowest BCUT2D eigenvalue weighted by molar-refractivity contribution is 0.0774. The minimum absolute atomic E-state index is 0.0628. The van der Waals surface area contributed by atoms with Crippen LogP contribution in [-0.4, -0.2) is 51.6 Å². The Labute approximate surface area is 145 Å². The van der Waals surface area contributed by atoms with Crippen LogP contribution in [0.4, 0.5) is 0 Å². The molecular formula is C18H19N5O2. The molecule has 1 amide bonds. The number of nitrogens with zero attached hydrogens (tertiary/aromatic N) is 4. The van der Waals surface area contributed by atoms with Crippen molar-refractivity contribution in [3.63, 3.8) is 0 Å². The number of amides is 1. The van der Waals surface area contributed by atoms with Gasteiger partial charge in [0.2, 0.25) is 5.82 Å². The molecule has 7 nitrogen and oxygen atoms in total. The molecule has 0 fully saturated rings. The van der Waals surface area contributed by atoms with E-state index in [1.807, 2.05) is 31.2 Å². The minimum atomic E-state index is -0.0628. The van der Waals surface area contributed by atoms with E-state index in [0.717, 1.165) is 11.3 Å². The number of carbonyl (C=O) groups excluding carboxylic acids is 1. The Balaban J connectivity index is 1.54. The maximum atomic E-state index is 12.5. The molecule has 1 heterocycles. The number of aromatic nitrogens is 4. The van der Waals surface area contributed by atoms with Gasteiger partial charge in [-0.2, -0.15) is 5.21 Å². The maximum Gasteiger partial charge on any atom is 0.253 e. The number of rotatable bonds is 6. The number of tetrazole rings is 1. The molecule has 0 aliphatic rings. The first kappa shape index (κ1) is 16.6. The van der Waals surface area contributed by atoms with Crippen LogP contribution in [0.5, 0.6) is 5.75 Å². The number of likely N-dealkylation sites (N-methyl/N-ethyl adjacent to an activating group) is 1. The van der Waals surface area contributed by atoms with Gasteiger partial charge in [0.05, 0.1) is 6.54 Å². The Morgan fingerprint density at radius 1 is 1.12 bits per heavy atom. The van der Waals surface area contributed by atoms with Crippen molar-refractivity contribution in [1.82, 2.24) is 25.5 Å². The Hall–Kier alpha value is -3.22. The summed E-state index contributed by atoms with van der Waals surface area (Å²) in [5, 5.41) is 13.7. The highest BCUT2D eigenvalue weighted by Gasteiger charge is 2.12. The SMILES string of the molecule is Cc1ccc(OCCN(C)C(=O)c2ccc(-c3nn[nH]n3)cc2)cc1. The molecule has 0 unspecified atom stereocenters. The van der Waals surface area contributed by atoms with Gasteiger partial charge in [-0.3, -0.25) is 4.79 Å². The summed E-state index contributed by atoms with van der Waals surface area (Å²) in [5.74, 6) is 1.24. The summed E-state index contributed by atoms with van der Waals surface area (Å²) in [7, 11) is 1.76. The summed E-state index contributed by atoms with van der Waals surface area (Å²) < 4.78 is 5.66. The average molecular weight is 337 g/mol. The van der Waals surface area contributed by atoms with Gasteiger partial charge in [0.15, 0.2) is 0 Å². The highest BCUT2D eigenvalue weighted by Crippen LogP contribution is 2.15. The third-order valence-corrected chi connectivity index (χ3v) is 3.80. The number of aromatic amines is 1. The van der Waals surface area contributed by atoms with Crippen LogP contribution >= 0.6 is 0 Å². The van der Waals surface area contributed by atoms with Gasteiger partial charge in [-0.1, -0.05) is 29.8 Å². The van der Waals surface area contributed by atoms with Crippen molar-refractivity contribution in [3.8, 4) is 17.1 Å². The van der Waals surface area contributed by atoms with E-state index < -0.39 is 0 Å². The summed E-state index contributed by atoms with van der Waals surface area (Å²) in [6, 6.07) is 15.0. The highest BCUT2D eigenvalue weighted by atomic mass is 16.5. The molecule has 7 heteroatoms. The minimum Gasteiger partial charge on any atom is -0.492 e. The zero-order valence-electron chi connectivity index (χ0n) is 14.1. The fourth-order valence-corrected chi connectivity index (χ4v) is 2.30. The molecule has 0 spiro atoms. The lowest BCUT2D eigenvalue weighted by atomic mass is 10.1. The van der Waals surface area contributed by atoms with Crippen molar-refractivity contribution in [2.75, 3.05) is 20.2 Å². The number of hydrogen-bond acceptors (Lipinski definition) is 5. The molecule has 0 radical (unpaired) electrons.